The number of furan rings is 1. The summed E-state index contributed by atoms with van der Waals surface area (Å²) in [4.78, 5) is 0. The second kappa shape index (κ2) is 4.59. The fraction of sp³-hybridized carbons (Fsp3) is 0.333. The smallest absolute Gasteiger partial charge is 0.176 e. The third-order valence-corrected chi connectivity index (χ3v) is 1.11. The van der Waals surface area contributed by atoms with Crippen LogP contribution < -0.4 is 0 Å². The van der Waals surface area contributed by atoms with E-state index in [1.54, 1.807) is 6.26 Å². The van der Waals surface area contributed by atoms with Crippen LogP contribution in [-0.4, -0.2) is 13.2 Å². The molecule has 2 heteroatoms. The predicted molar refractivity (Wildman–Crippen MR) is 42.1 cm³/mol. The molecule has 0 N–H and O–H groups in total. The van der Waals surface area contributed by atoms with Gasteiger partial charge in [0, 0.05) is 6.61 Å². The SMILES string of the molecule is CCOCC#Cc1ccco1. The maximum atomic E-state index is 5.02. The molecule has 0 bridgehead atoms. The van der Waals surface area contributed by atoms with E-state index >= 15 is 0 Å². The molecule has 2 nitrogen and oxygen atoms in total. The van der Waals surface area contributed by atoms with Crippen molar-refractivity contribution in [2.45, 2.75) is 6.92 Å². The van der Waals surface area contributed by atoms with E-state index in [0.29, 0.717) is 19.0 Å². The minimum Gasteiger partial charge on any atom is -0.456 e. The van der Waals surface area contributed by atoms with Crippen LogP contribution >= 0.6 is 0 Å². The first-order valence-corrected chi connectivity index (χ1v) is 3.53. The summed E-state index contributed by atoms with van der Waals surface area (Å²) in [7, 11) is 0. The van der Waals surface area contributed by atoms with Crippen molar-refractivity contribution in [1.82, 2.24) is 0 Å². The van der Waals surface area contributed by atoms with Gasteiger partial charge in [-0.25, -0.2) is 0 Å². The van der Waals surface area contributed by atoms with Gasteiger partial charge in [0.25, 0.3) is 0 Å². The Morgan fingerprint density at radius 3 is 3.18 bits per heavy atom. The van der Waals surface area contributed by atoms with Gasteiger partial charge in [-0.2, -0.15) is 0 Å². The molecule has 1 heterocycles. The zero-order chi connectivity index (χ0) is 7.94. The van der Waals surface area contributed by atoms with Gasteiger partial charge in [-0.15, -0.1) is 0 Å². The van der Waals surface area contributed by atoms with Crippen LogP contribution in [0.25, 0.3) is 0 Å². The first-order chi connectivity index (χ1) is 5.43. The van der Waals surface area contributed by atoms with Crippen molar-refractivity contribution in [2.75, 3.05) is 13.2 Å². The highest BCUT2D eigenvalue weighted by Gasteiger charge is 1.84. The lowest BCUT2D eigenvalue weighted by atomic mass is 10.4. The number of rotatable bonds is 2. The molecule has 1 aromatic rings. The van der Waals surface area contributed by atoms with Gasteiger partial charge in [-0.05, 0) is 25.0 Å². The summed E-state index contributed by atoms with van der Waals surface area (Å²) in [5.41, 5.74) is 0. The van der Waals surface area contributed by atoms with E-state index in [2.05, 4.69) is 11.8 Å². The molecule has 0 aliphatic heterocycles. The van der Waals surface area contributed by atoms with Crippen molar-refractivity contribution in [3.8, 4) is 11.8 Å². The summed E-state index contributed by atoms with van der Waals surface area (Å²) in [5, 5.41) is 0. The predicted octanol–water partition coefficient (Wildman–Crippen LogP) is 1.67. The quantitative estimate of drug-likeness (QED) is 0.472. The van der Waals surface area contributed by atoms with Gasteiger partial charge in [0.15, 0.2) is 5.76 Å². The molecule has 11 heavy (non-hydrogen) atoms. The van der Waals surface area contributed by atoms with E-state index in [0.717, 1.165) is 0 Å². The van der Waals surface area contributed by atoms with Gasteiger partial charge in [0.05, 0.1) is 6.26 Å². The van der Waals surface area contributed by atoms with E-state index in [1.165, 1.54) is 0 Å². The normalized spacial score (nSPS) is 8.82. The summed E-state index contributed by atoms with van der Waals surface area (Å²) >= 11 is 0. The average Bonchev–Trinajstić information content (AvgIpc) is 2.50. The lowest BCUT2D eigenvalue weighted by molar-refractivity contribution is 0.182. The monoisotopic (exact) mass is 150 g/mol. The molecule has 0 radical (unpaired) electrons. The third-order valence-electron chi connectivity index (χ3n) is 1.11. The molecule has 0 fully saturated rings. The molecule has 0 unspecified atom stereocenters. The Labute approximate surface area is 66.2 Å². The van der Waals surface area contributed by atoms with Crippen molar-refractivity contribution in [3.63, 3.8) is 0 Å². The Kier molecular flexibility index (Phi) is 3.30. The maximum Gasteiger partial charge on any atom is 0.176 e. The fourth-order valence-electron chi connectivity index (χ4n) is 0.626. The molecule has 0 amide bonds. The first-order valence-electron chi connectivity index (χ1n) is 3.53. The van der Waals surface area contributed by atoms with E-state index < -0.39 is 0 Å². The van der Waals surface area contributed by atoms with Crippen LogP contribution in [0.4, 0.5) is 0 Å². The zero-order valence-corrected chi connectivity index (χ0v) is 6.46. The van der Waals surface area contributed by atoms with Crippen LogP contribution in [0.3, 0.4) is 0 Å². The molecule has 1 rings (SSSR count). The molecule has 0 saturated heterocycles. The van der Waals surface area contributed by atoms with Crippen LogP contribution in [0.5, 0.6) is 0 Å². The summed E-state index contributed by atoms with van der Waals surface area (Å²) in [5.74, 6) is 6.33. The topological polar surface area (TPSA) is 22.4 Å². The Morgan fingerprint density at radius 1 is 1.64 bits per heavy atom. The van der Waals surface area contributed by atoms with Gasteiger partial charge >= 0.3 is 0 Å². The minimum atomic E-state index is 0.469. The first kappa shape index (κ1) is 7.90. The molecule has 0 aromatic carbocycles. The van der Waals surface area contributed by atoms with Crippen LogP contribution in [0.1, 0.15) is 12.7 Å². The number of hydrogen-bond acceptors (Lipinski definition) is 2. The average molecular weight is 150 g/mol. The van der Waals surface area contributed by atoms with Gasteiger partial charge < -0.3 is 9.15 Å². The molecule has 58 valence electrons. The second-order valence-electron chi connectivity index (χ2n) is 1.92. The van der Waals surface area contributed by atoms with Gasteiger partial charge in [-0.1, -0.05) is 5.92 Å². The van der Waals surface area contributed by atoms with Crippen molar-refractivity contribution in [2.24, 2.45) is 0 Å². The molecule has 1 aromatic heterocycles. The zero-order valence-electron chi connectivity index (χ0n) is 6.46. The minimum absolute atomic E-state index is 0.469. The standard InChI is InChI=1S/C9H10O2/c1-2-10-7-3-5-9-6-4-8-11-9/h4,6,8H,2,7H2,1H3. The molecule has 0 aliphatic rings. The van der Waals surface area contributed by atoms with Gasteiger partial charge in [0.1, 0.15) is 6.61 Å². The van der Waals surface area contributed by atoms with E-state index in [4.69, 9.17) is 9.15 Å². The van der Waals surface area contributed by atoms with Crippen LogP contribution in [0.15, 0.2) is 22.8 Å². The third kappa shape index (κ3) is 2.92. The van der Waals surface area contributed by atoms with Crippen molar-refractivity contribution in [1.29, 1.82) is 0 Å². The summed E-state index contributed by atoms with van der Waals surface area (Å²) in [6.45, 7) is 3.11. The van der Waals surface area contributed by atoms with Gasteiger partial charge in [-0.3, -0.25) is 0 Å². The Bertz CT molecular complexity index is 238. The van der Waals surface area contributed by atoms with Crippen molar-refractivity contribution < 1.29 is 9.15 Å². The second-order valence-corrected chi connectivity index (χ2v) is 1.92. The van der Waals surface area contributed by atoms with E-state index in [1.807, 2.05) is 19.1 Å². The summed E-state index contributed by atoms with van der Waals surface area (Å²) < 4.78 is 10.0. The molecule has 0 atom stereocenters. The summed E-state index contributed by atoms with van der Waals surface area (Å²) in [6.07, 6.45) is 1.60. The van der Waals surface area contributed by atoms with Gasteiger partial charge in [0.2, 0.25) is 0 Å². The van der Waals surface area contributed by atoms with E-state index in [9.17, 15) is 0 Å². The van der Waals surface area contributed by atoms with Crippen molar-refractivity contribution >= 4 is 0 Å². The highest BCUT2D eigenvalue weighted by molar-refractivity contribution is 5.24. The Balaban J connectivity index is 2.33. The Morgan fingerprint density at radius 2 is 2.55 bits per heavy atom. The van der Waals surface area contributed by atoms with Crippen LogP contribution in [-0.2, 0) is 4.74 Å². The highest BCUT2D eigenvalue weighted by Crippen LogP contribution is 1.95. The van der Waals surface area contributed by atoms with Crippen LogP contribution in [0.2, 0.25) is 0 Å². The van der Waals surface area contributed by atoms with E-state index in [-0.39, 0.29) is 0 Å². The Hall–Kier alpha value is -1.20. The van der Waals surface area contributed by atoms with Crippen LogP contribution in [0, 0.1) is 11.8 Å². The molecule has 0 aliphatic carbocycles. The number of hydrogen-bond donors (Lipinski definition) is 0. The van der Waals surface area contributed by atoms with Crippen molar-refractivity contribution in [3.05, 3.63) is 24.2 Å². The molecular formula is C9H10O2. The molecule has 0 spiro atoms. The number of ether oxygens (including phenoxy) is 1. The maximum absolute atomic E-state index is 5.02. The largest absolute Gasteiger partial charge is 0.456 e. The highest BCUT2D eigenvalue weighted by atomic mass is 16.5. The lowest BCUT2D eigenvalue weighted by Gasteiger charge is -1.87. The molecular weight excluding hydrogens is 140 g/mol. The molecule has 0 saturated carbocycles. The summed E-state index contributed by atoms with van der Waals surface area (Å²) in [6, 6.07) is 3.63. The fourth-order valence-corrected chi connectivity index (χ4v) is 0.626. The lowest BCUT2D eigenvalue weighted by Crippen LogP contribution is -1.88.